The van der Waals surface area contributed by atoms with E-state index < -0.39 is 0 Å². The van der Waals surface area contributed by atoms with Crippen LogP contribution in [0.2, 0.25) is 10.0 Å². The maximum Gasteiger partial charge on any atom is 0.238 e. The first-order valence-electron chi connectivity index (χ1n) is 5.80. The Bertz CT molecular complexity index is 587. The molecule has 0 N–H and O–H groups in total. The number of aryl methyl sites for hydroxylation is 1. The van der Waals surface area contributed by atoms with Gasteiger partial charge in [-0.25, -0.2) is 4.98 Å². The number of hydrogen-bond donors (Lipinski definition) is 0. The van der Waals surface area contributed by atoms with E-state index in [0.29, 0.717) is 22.5 Å². The van der Waals surface area contributed by atoms with Crippen molar-refractivity contribution in [3.8, 4) is 11.6 Å². The van der Waals surface area contributed by atoms with E-state index in [1.54, 1.807) is 24.4 Å². The van der Waals surface area contributed by atoms with Crippen molar-refractivity contribution in [2.45, 2.75) is 19.2 Å². The maximum atomic E-state index is 6.09. The number of halogens is 3. The van der Waals surface area contributed by atoms with Crippen molar-refractivity contribution >= 4 is 34.8 Å². The lowest BCUT2D eigenvalue weighted by Gasteiger charge is -2.09. The molecule has 0 aliphatic heterocycles. The Morgan fingerprint density at radius 1 is 1.16 bits per heavy atom. The van der Waals surface area contributed by atoms with Gasteiger partial charge < -0.3 is 4.74 Å². The lowest BCUT2D eigenvalue weighted by Crippen LogP contribution is -1.92. The molecule has 2 rings (SSSR count). The van der Waals surface area contributed by atoms with E-state index in [9.17, 15) is 0 Å². The second-order valence-corrected chi connectivity index (χ2v) is 5.05. The number of pyridine rings is 1. The summed E-state index contributed by atoms with van der Waals surface area (Å²) >= 11 is 17.9. The van der Waals surface area contributed by atoms with Gasteiger partial charge in [-0.05, 0) is 41.8 Å². The fourth-order valence-corrected chi connectivity index (χ4v) is 2.24. The highest BCUT2D eigenvalue weighted by Crippen LogP contribution is 2.30. The third kappa shape index (κ3) is 3.53. The molecule has 0 amide bonds. The molecule has 2 nitrogen and oxygen atoms in total. The Kier molecular flexibility index (Phi) is 4.92. The van der Waals surface area contributed by atoms with Crippen LogP contribution in [0, 0.1) is 0 Å². The van der Waals surface area contributed by atoms with Crippen molar-refractivity contribution in [3.63, 3.8) is 0 Å². The summed E-state index contributed by atoms with van der Waals surface area (Å²) in [6.45, 7) is 2.03. The van der Waals surface area contributed by atoms with Gasteiger partial charge in [0.1, 0.15) is 10.8 Å². The van der Waals surface area contributed by atoms with Crippen LogP contribution in [0.1, 0.15) is 18.1 Å². The number of nitrogens with zero attached hydrogens (tertiary/aromatic N) is 1. The van der Waals surface area contributed by atoms with E-state index in [4.69, 9.17) is 39.5 Å². The molecular formula is C14H12Cl3NO. The van der Waals surface area contributed by atoms with Crippen molar-refractivity contribution in [1.82, 2.24) is 4.98 Å². The van der Waals surface area contributed by atoms with Crippen LogP contribution >= 0.6 is 34.8 Å². The van der Waals surface area contributed by atoms with Crippen LogP contribution in [0.15, 0.2) is 30.5 Å². The minimum absolute atomic E-state index is 0.361. The summed E-state index contributed by atoms with van der Waals surface area (Å²) in [6.07, 6.45) is 2.48. The van der Waals surface area contributed by atoms with Crippen molar-refractivity contribution < 1.29 is 4.74 Å². The third-order valence-corrected chi connectivity index (χ3v) is 3.58. The molecule has 0 fully saturated rings. The van der Waals surface area contributed by atoms with Gasteiger partial charge in [0, 0.05) is 17.1 Å². The average molecular weight is 317 g/mol. The van der Waals surface area contributed by atoms with Crippen molar-refractivity contribution in [1.29, 1.82) is 0 Å². The van der Waals surface area contributed by atoms with Crippen LogP contribution in [-0.4, -0.2) is 4.98 Å². The lowest BCUT2D eigenvalue weighted by molar-refractivity contribution is 0.462. The Labute approximate surface area is 127 Å². The second kappa shape index (κ2) is 6.47. The highest BCUT2D eigenvalue weighted by Gasteiger charge is 2.07. The van der Waals surface area contributed by atoms with E-state index in [1.807, 2.05) is 13.0 Å². The molecule has 0 saturated heterocycles. The van der Waals surface area contributed by atoms with Gasteiger partial charge in [0.15, 0.2) is 0 Å². The van der Waals surface area contributed by atoms with Gasteiger partial charge in [-0.2, -0.15) is 0 Å². The van der Waals surface area contributed by atoms with Crippen molar-refractivity contribution in [3.05, 3.63) is 51.6 Å². The van der Waals surface area contributed by atoms with Gasteiger partial charge in [0.25, 0.3) is 0 Å². The van der Waals surface area contributed by atoms with Gasteiger partial charge in [0.05, 0.1) is 0 Å². The summed E-state index contributed by atoms with van der Waals surface area (Å²) in [4.78, 5) is 4.15. The second-order valence-electron chi connectivity index (χ2n) is 3.97. The summed E-state index contributed by atoms with van der Waals surface area (Å²) in [6, 6.07) is 7.22. The fraction of sp³-hybridized carbons (Fsp3) is 0.214. The summed E-state index contributed by atoms with van der Waals surface area (Å²) in [7, 11) is 0. The topological polar surface area (TPSA) is 22.1 Å². The average Bonchev–Trinajstić information content (AvgIpc) is 2.43. The SMILES string of the molecule is CCc1cc(Oc2ncc(CCl)cc2Cl)ccc1Cl. The van der Waals surface area contributed by atoms with Gasteiger partial charge >= 0.3 is 0 Å². The first kappa shape index (κ1) is 14.4. The van der Waals surface area contributed by atoms with E-state index in [2.05, 4.69) is 4.98 Å². The third-order valence-electron chi connectivity index (χ3n) is 2.63. The highest BCUT2D eigenvalue weighted by atomic mass is 35.5. The number of hydrogen-bond acceptors (Lipinski definition) is 2. The molecule has 0 aliphatic rings. The van der Waals surface area contributed by atoms with Crippen LogP contribution < -0.4 is 4.74 Å². The molecule has 1 aromatic heterocycles. The Morgan fingerprint density at radius 2 is 1.95 bits per heavy atom. The smallest absolute Gasteiger partial charge is 0.238 e. The molecule has 0 saturated carbocycles. The number of aromatic nitrogens is 1. The molecule has 0 unspecified atom stereocenters. The van der Waals surface area contributed by atoms with Crippen LogP contribution in [0.5, 0.6) is 11.6 Å². The monoisotopic (exact) mass is 315 g/mol. The molecule has 100 valence electrons. The van der Waals surface area contributed by atoms with E-state index in [0.717, 1.165) is 22.6 Å². The maximum absolute atomic E-state index is 6.09. The molecule has 5 heteroatoms. The molecule has 0 radical (unpaired) electrons. The van der Waals surface area contributed by atoms with Crippen LogP contribution in [0.3, 0.4) is 0 Å². The van der Waals surface area contributed by atoms with E-state index >= 15 is 0 Å². The Balaban J connectivity index is 2.26. The summed E-state index contributed by atoms with van der Waals surface area (Å²) in [5.74, 6) is 1.39. The molecule has 0 atom stereocenters. The molecular weight excluding hydrogens is 305 g/mol. The largest absolute Gasteiger partial charge is 0.438 e. The summed E-state index contributed by atoms with van der Waals surface area (Å²) in [5, 5.41) is 1.16. The van der Waals surface area contributed by atoms with Crippen LogP contribution in [0.25, 0.3) is 0 Å². The minimum atomic E-state index is 0.361. The van der Waals surface area contributed by atoms with Crippen molar-refractivity contribution in [2.75, 3.05) is 0 Å². The Hall–Kier alpha value is -0.960. The molecule has 0 spiro atoms. The Morgan fingerprint density at radius 3 is 2.58 bits per heavy atom. The fourth-order valence-electron chi connectivity index (χ4n) is 1.61. The predicted octanol–water partition coefficient (Wildman–Crippen LogP) is 5.48. The molecule has 1 heterocycles. The number of benzene rings is 1. The van der Waals surface area contributed by atoms with Crippen LogP contribution in [-0.2, 0) is 12.3 Å². The van der Waals surface area contributed by atoms with E-state index in [-0.39, 0.29) is 0 Å². The number of alkyl halides is 1. The minimum Gasteiger partial charge on any atom is -0.438 e. The van der Waals surface area contributed by atoms with Gasteiger partial charge in [-0.3, -0.25) is 0 Å². The quantitative estimate of drug-likeness (QED) is 0.697. The molecule has 0 aliphatic carbocycles. The van der Waals surface area contributed by atoms with Crippen LogP contribution in [0.4, 0.5) is 0 Å². The molecule has 2 aromatic rings. The summed E-state index contributed by atoms with van der Waals surface area (Å²) in [5.41, 5.74) is 1.87. The zero-order valence-corrected chi connectivity index (χ0v) is 12.6. The molecule has 1 aromatic carbocycles. The number of ether oxygens (including phenoxy) is 1. The first-order chi connectivity index (χ1) is 9.13. The van der Waals surface area contributed by atoms with E-state index in [1.165, 1.54) is 0 Å². The highest BCUT2D eigenvalue weighted by molar-refractivity contribution is 6.32. The normalized spacial score (nSPS) is 10.5. The van der Waals surface area contributed by atoms with Gasteiger partial charge in [-0.15, -0.1) is 11.6 Å². The molecule has 19 heavy (non-hydrogen) atoms. The first-order valence-corrected chi connectivity index (χ1v) is 7.09. The predicted molar refractivity (Wildman–Crippen MR) is 79.7 cm³/mol. The number of rotatable bonds is 4. The summed E-state index contributed by atoms with van der Waals surface area (Å²) < 4.78 is 5.66. The standard InChI is InChI=1S/C14H12Cl3NO/c1-2-10-6-11(3-4-12(10)16)19-14-13(17)5-9(7-15)8-18-14/h3-6,8H,2,7H2,1H3. The zero-order valence-electron chi connectivity index (χ0n) is 10.3. The van der Waals surface area contributed by atoms with Crippen molar-refractivity contribution in [2.24, 2.45) is 0 Å². The van der Waals surface area contributed by atoms with Gasteiger partial charge in [0.2, 0.25) is 5.88 Å². The molecule has 0 bridgehead atoms. The lowest BCUT2D eigenvalue weighted by atomic mass is 10.1. The van der Waals surface area contributed by atoms with Gasteiger partial charge in [-0.1, -0.05) is 30.1 Å². The zero-order chi connectivity index (χ0) is 13.8.